The van der Waals surface area contributed by atoms with Crippen molar-refractivity contribution in [1.82, 2.24) is 5.32 Å². The fourth-order valence-corrected chi connectivity index (χ4v) is 2.57. The van der Waals surface area contributed by atoms with Gasteiger partial charge in [0.2, 0.25) is 0 Å². The molecular formula is C20H19NO. The molecule has 22 heavy (non-hydrogen) atoms. The minimum atomic E-state index is -0.00110. The molecule has 0 bridgehead atoms. The highest BCUT2D eigenvalue weighted by atomic mass is 16.1. The number of aryl methyl sites for hydroxylation is 1. The van der Waals surface area contributed by atoms with Crippen LogP contribution in [0.15, 0.2) is 72.8 Å². The van der Waals surface area contributed by atoms with Crippen molar-refractivity contribution in [3.8, 4) is 0 Å². The van der Waals surface area contributed by atoms with Crippen molar-refractivity contribution >= 4 is 16.7 Å². The number of nitrogens with one attached hydrogen (secondary N) is 1. The van der Waals surface area contributed by atoms with Gasteiger partial charge in [0.15, 0.2) is 0 Å². The number of benzene rings is 3. The summed E-state index contributed by atoms with van der Waals surface area (Å²) in [6, 6.07) is 24.2. The SMILES string of the molecule is O=C(NCCCc1ccccc1)c1ccc2ccccc2c1. The van der Waals surface area contributed by atoms with Crippen molar-refractivity contribution in [3.05, 3.63) is 83.9 Å². The Morgan fingerprint density at radius 1 is 0.818 bits per heavy atom. The lowest BCUT2D eigenvalue weighted by Crippen LogP contribution is -2.24. The Balaban J connectivity index is 1.54. The second-order valence-corrected chi connectivity index (χ2v) is 5.41. The first-order valence-electron chi connectivity index (χ1n) is 7.64. The van der Waals surface area contributed by atoms with Crippen LogP contribution < -0.4 is 5.32 Å². The van der Waals surface area contributed by atoms with Crippen molar-refractivity contribution < 1.29 is 4.79 Å². The number of rotatable bonds is 5. The third-order valence-corrected chi connectivity index (χ3v) is 3.78. The van der Waals surface area contributed by atoms with Gasteiger partial charge >= 0.3 is 0 Å². The maximum atomic E-state index is 12.2. The Labute approximate surface area is 130 Å². The lowest BCUT2D eigenvalue weighted by atomic mass is 10.1. The fourth-order valence-electron chi connectivity index (χ4n) is 2.57. The van der Waals surface area contributed by atoms with E-state index in [4.69, 9.17) is 0 Å². The molecule has 1 amide bonds. The van der Waals surface area contributed by atoms with Crippen LogP contribution in [0, 0.1) is 0 Å². The zero-order valence-corrected chi connectivity index (χ0v) is 12.5. The molecule has 2 nitrogen and oxygen atoms in total. The Morgan fingerprint density at radius 2 is 1.55 bits per heavy atom. The first-order chi connectivity index (χ1) is 10.8. The number of fused-ring (bicyclic) bond motifs is 1. The summed E-state index contributed by atoms with van der Waals surface area (Å²) in [6.45, 7) is 0.695. The van der Waals surface area contributed by atoms with E-state index in [1.54, 1.807) is 0 Å². The molecule has 0 heterocycles. The predicted octanol–water partition coefficient (Wildman–Crippen LogP) is 4.20. The van der Waals surface area contributed by atoms with Gasteiger partial charge in [0.25, 0.3) is 5.91 Å². The van der Waals surface area contributed by atoms with Gasteiger partial charge in [-0.2, -0.15) is 0 Å². The van der Waals surface area contributed by atoms with Gasteiger partial charge in [-0.25, -0.2) is 0 Å². The van der Waals surface area contributed by atoms with Crippen molar-refractivity contribution in [1.29, 1.82) is 0 Å². The highest BCUT2D eigenvalue weighted by Gasteiger charge is 2.05. The van der Waals surface area contributed by atoms with Crippen LogP contribution in [0.5, 0.6) is 0 Å². The monoisotopic (exact) mass is 289 g/mol. The Kier molecular flexibility index (Phi) is 4.50. The van der Waals surface area contributed by atoms with Gasteiger partial charge in [-0.1, -0.05) is 60.7 Å². The van der Waals surface area contributed by atoms with E-state index in [0.29, 0.717) is 6.54 Å². The van der Waals surface area contributed by atoms with Crippen molar-refractivity contribution in [2.75, 3.05) is 6.54 Å². The van der Waals surface area contributed by atoms with Crippen LogP contribution in [0.2, 0.25) is 0 Å². The van der Waals surface area contributed by atoms with E-state index in [9.17, 15) is 4.79 Å². The number of hydrogen-bond acceptors (Lipinski definition) is 1. The molecule has 2 heteroatoms. The van der Waals surface area contributed by atoms with Gasteiger partial charge in [-0.15, -0.1) is 0 Å². The smallest absolute Gasteiger partial charge is 0.251 e. The van der Waals surface area contributed by atoms with Crippen molar-refractivity contribution in [2.45, 2.75) is 12.8 Å². The fraction of sp³-hybridized carbons (Fsp3) is 0.150. The lowest BCUT2D eigenvalue weighted by Gasteiger charge is -2.06. The van der Waals surface area contributed by atoms with Crippen LogP contribution >= 0.6 is 0 Å². The van der Waals surface area contributed by atoms with E-state index in [1.165, 1.54) is 5.56 Å². The van der Waals surface area contributed by atoms with Gasteiger partial charge in [0.05, 0.1) is 0 Å². The van der Waals surface area contributed by atoms with Gasteiger partial charge in [0, 0.05) is 12.1 Å². The van der Waals surface area contributed by atoms with Crippen molar-refractivity contribution in [3.63, 3.8) is 0 Å². The normalized spacial score (nSPS) is 10.5. The zero-order valence-electron chi connectivity index (χ0n) is 12.5. The van der Waals surface area contributed by atoms with Crippen LogP contribution in [0.25, 0.3) is 10.8 Å². The van der Waals surface area contributed by atoms with Crippen molar-refractivity contribution in [2.24, 2.45) is 0 Å². The average Bonchev–Trinajstić information content (AvgIpc) is 2.59. The number of amides is 1. The van der Waals surface area contributed by atoms with Gasteiger partial charge < -0.3 is 5.32 Å². The zero-order chi connectivity index (χ0) is 15.2. The quantitative estimate of drug-likeness (QED) is 0.701. The first-order valence-corrected chi connectivity index (χ1v) is 7.64. The summed E-state index contributed by atoms with van der Waals surface area (Å²) in [5, 5.41) is 5.25. The molecule has 0 saturated carbocycles. The Bertz CT molecular complexity index is 765. The summed E-state index contributed by atoms with van der Waals surface area (Å²) in [4.78, 5) is 12.2. The topological polar surface area (TPSA) is 29.1 Å². The Hall–Kier alpha value is -2.61. The number of carbonyl (C=O) groups is 1. The second-order valence-electron chi connectivity index (χ2n) is 5.41. The minimum absolute atomic E-state index is 0.00110. The molecule has 0 aliphatic rings. The van der Waals surface area contributed by atoms with Crippen LogP contribution in [-0.2, 0) is 6.42 Å². The summed E-state index contributed by atoms with van der Waals surface area (Å²) >= 11 is 0. The highest BCUT2D eigenvalue weighted by Crippen LogP contribution is 2.15. The summed E-state index contributed by atoms with van der Waals surface area (Å²) in [5.74, 6) is -0.00110. The van der Waals surface area contributed by atoms with Crippen LogP contribution in [-0.4, -0.2) is 12.5 Å². The molecule has 0 unspecified atom stereocenters. The Morgan fingerprint density at radius 3 is 2.36 bits per heavy atom. The van der Waals surface area contributed by atoms with Crippen LogP contribution in [0.4, 0.5) is 0 Å². The maximum Gasteiger partial charge on any atom is 0.251 e. The summed E-state index contributed by atoms with van der Waals surface area (Å²) < 4.78 is 0. The molecule has 3 aromatic carbocycles. The van der Waals surface area contributed by atoms with Crippen LogP contribution in [0.3, 0.4) is 0 Å². The predicted molar refractivity (Wildman–Crippen MR) is 91.0 cm³/mol. The lowest BCUT2D eigenvalue weighted by molar-refractivity contribution is 0.0953. The number of hydrogen-bond donors (Lipinski definition) is 1. The summed E-state index contributed by atoms with van der Waals surface area (Å²) in [7, 11) is 0. The van der Waals surface area contributed by atoms with Crippen LogP contribution in [0.1, 0.15) is 22.3 Å². The minimum Gasteiger partial charge on any atom is -0.352 e. The molecule has 0 radical (unpaired) electrons. The standard InChI is InChI=1S/C20H19NO/c22-20(21-14-6-9-16-7-2-1-3-8-16)19-13-12-17-10-4-5-11-18(17)15-19/h1-5,7-8,10-13,15H,6,9,14H2,(H,21,22). The summed E-state index contributed by atoms with van der Waals surface area (Å²) in [5.41, 5.74) is 2.03. The van der Waals surface area contributed by atoms with E-state index in [-0.39, 0.29) is 5.91 Å². The van der Waals surface area contributed by atoms with Gasteiger partial charge in [-0.3, -0.25) is 4.79 Å². The molecule has 3 aromatic rings. The third kappa shape index (κ3) is 3.53. The maximum absolute atomic E-state index is 12.2. The molecule has 0 aromatic heterocycles. The first kappa shape index (κ1) is 14.3. The molecule has 0 fully saturated rings. The number of carbonyl (C=O) groups excluding carboxylic acids is 1. The molecule has 0 spiro atoms. The molecule has 110 valence electrons. The van der Waals surface area contributed by atoms with Gasteiger partial charge in [-0.05, 0) is 41.3 Å². The summed E-state index contributed by atoms with van der Waals surface area (Å²) in [6.07, 6.45) is 1.93. The molecule has 0 aliphatic carbocycles. The highest BCUT2D eigenvalue weighted by molar-refractivity contribution is 5.98. The largest absolute Gasteiger partial charge is 0.352 e. The molecule has 0 aliphatic heterocycles. The van der Waals surface area contributed by atoms with E-state index < -0.39 is 0 Å². The van der Waals surface area contributed by atoms with E-state index in [1.807, 2.05) is 54.6 Å². The molecule has 0 saturated heterocycles. The molecule has 3 rings (SSSR count). The molecule has 1 N–H and O–H groups in total. The van der Waals surface area contributed by atoms with Gasteiger partial charge in [0.1, 0.15) is 0 Å². The van der Waals surface area contributed by atoms with E-state index >= 15 is 0 Å². The average molecular weight is 289 g/mol. The second kappa shape index (κ2) is 6.90. The molecular weight excluding hydrogens is 270 g/mol. The van der Waals surface area contributed by atoms with E-state index in [2.05, 4.69) is 23.5 Å². The third-order valence-electron chi connectivity index (χ3n) is 3.78. The van der Waals surface area contributed by atoms with E-state index in [0.717, 1.165) is 29.2 Å². The molecule has 0 atom stereocenters.